The van der Waals surface area contributed by atoms with E-state index in [9.17, 15) is 9.59 Å². The first-order chi connectivity index (χ1) is 15.6. The molecule has 2 saturated heterocycles. The lowest BCUT2D eigenvalue weighted by atomic mass is 9.77. The zero-order valence-electron chi connectivity index (χ0n) is 18.1. The number of carbonyl (C=O) groups is 2. The van der Waals surface area contributed by atoms with E-state index < -0.39 is 0 Å². The van der Waals surface area contributed by atoms with E-state index in [1.54, 1.807) is 25.4 Å². The lowest BCUT2D eigenvalue weighted by Crippen LogP contribution is -2.46. The van der Waals surface area contributed by atoms with Crippen LogP contribution in [0.2, 0.25) is 0 Å². The molecule has 1 spiro atoms. The predicted molar refractivity (Wildman–Crippen MR) is 122 cm³/mol. The Morgan fingerprint density at radius 3 is 2.41 bits per heavy atom. The minimum absolute atomic E-state index is 0.0329. The maximum Gasteiger partial charge on any atom is 0.257 e. The van der Waals surface area contributed by atoms with Gasteiger partial charge in [-0.3, -0.25) is 14.7 Å². The van der Waals surface area contributed by atoms with Crippen molar-refractivity contribution < 1.29 is 14.3 Å². The van der Waals surface area contributed by atoms with Crippen LogP contribution in [0.5, 0.6) is 5.75 Å². The van der Waals surface area contributed by atoms with Gasteiger partial charge in [0, 0.05) is 37.1 Å². The van der Waals surface area contributed by atoms with E-state index in [0.29, 0.717) is 43.8 Å². The van der Waals surface area contributed by atoms with E-state index in [1.165, 1.54) is 0 Å². The Labute approximate surface area is 187 Å². The van der Waals surface area contributed by atoms with Gasteiger partial charge in [0.05, 0.1) is 24.3 Å². The monoisotopic (exact) mass is 430 g/mol. The van der Waals surface area contributed by atoms with Crippen LogP contribution in [0.3, 0.4) is 0 Å². The summed E-state index contributed by atoms with van der Waals surface area (Å²) in [6.45, 7) is 1.87. The van der Waals surface area contributed by atoms with Gasteiger partial charge in [0.15, 0.2) is 0 Å². The third-order valence-corrected chi connectivity index (χ3v) is 6.87. The van der Waals surface area contributed by atoms with Crippen molar-refractivity contribution in [3.8, 4) is 16.9 Å². The predicted octanol–water partition coefficient (Wildman–Crippen LogP) is 3.74. The molecule has 2 aliphatic heterocycles. The van der Waals surface area contributed by atoms with E-state index >= 15 is 0 Å². The number of anilines is 1. The van der Waals surface area contributed by atoms with Crippen LogP contribution in [0, 0.1) is 5.41 Å². The summed E-state index contributed by atoms with van der Waals surface area (Å²) in [6, 6.07) is 15.3. The smallest absolute Gasteiger partial charge is 0.257 e. The van der Waals surface area contributed by atoms with Gasteiger partial charge >= 0.3 is 0 Å². The fourth-order valence-corrected chi connectivity index (χ4v) is 4.90. The number of nitrogens with zero attached hydrogens (tertiary/aromatic N) is 3. The number of ether oxygens (including phenoxy) is 1. The normalized spacial score (nSPS) is 17.7. The largest absolute Gasteiger partial charge is 0.496 e. The van der Waals surface area contributed by atoms with Crippen molar-refractivity contribution in [3.05, 3.63) is 66.5 Å². The van der Waals surface area contributed by atoms with Gasteiger partial charge in [-0.05, 0) is 49.1 Å². The number of likely N-dealkylation sites (tertiary alicyclic amines) is 1. The van der Waals surface area contributed by atoms with Crippen molar-refractivity contribution >= 4 is 17.5 Å². The number of rotatable bonds is 4. The van der Waals surface area contributed by atoms with Gasteiger partial charge in [-0.15, -0.1) is 0 Å². The number of hydrogen-bond acceptors (Lipinski definition) is 4. The molecule has 7 heteroatoms. The van der Waals surface area contributed by atoms with Gasteiger partial charge in [0.2, 0.25) is 5.91 Å². The van der Waals surface area contributed by atoms with Gasteiger partial charge in [0.1, 0.15) is 5.75 Å². The van der Waals surface area contributed by atoms with Crippen LogP contribution in [-0.2, 0) is 4.79 Å². The molecule has 164 valence electrons. The third kappa shape index (κ3) is 3.43. The first-order valence-electron chi connectivity index (χ1n) is 10.9. The lowest BCUT2D eigenvalue weighted by molar-refractivity contribution is -0.127. The molecule has 0 radical (unpaired) electrons. The third-order valence-electron chi connectivity index (χ3n) is 6.87. The van der Waals surface area contributed by atoms with Crippen LogP contribution in [0.15, 0.2) is 60.9 Å². The lowest BCUT2D eigenvalue weighted by Gasteiger charge is -2.38. The number of benzene rings is 2. The molecule has 0 atom stereocenters. The Hall–Kier alpha value is -3.61. The van der Waals surface area contributed by atoms with Gasteiger partial charge in [-0.1, -0.05) is 24.3 Å². The zero-order chi connectivity index (χ0) is 22.1. The van der Waals surface area contributed by atoms with E-state index in [1.807, 2.05) is 52.4 Å². The van der Waals surface area contributed by atoms with E-state index in [2.05, 4.69) is 10.2 Å². The van der Waals surface area contributed by atoms with E-state index in [-0.39, 0.29) is 17.2 Å². The highest BCUT2D eigenvalue weighted by atomic mass is 16.5. The van der Waals surface area contributed by atoms with Crippen LogP contribution < -0.4 is 9.64 Å². The molecule has 0 saturated carbocycles. The molecular weight excluding hydrogens is 404 g/mol. The second-order valence-corrected chi connectivity index (χ2v) is 8.51. The second-order valence-electron chi connectivity index (χ2n) is 8.51. The molecule has 0 aliphatic carbocycles. The molecule has 3 heterocycles. The van der Waals surface area contributed by atoms with Gasteiger partial charge in [-0.2, -0.15) is 5.10 Å². The number of hydrogen-bond donors (Lipinski definition) is 1. The topological polar surface area (TPSA) is 78.5 Å². The highest BCUT2D eigenvalue weighted by Gasteiger charge is 2.49. The number of nitrogens with one attached hydrogen (secondary N) is 1. The Morgan fingerprint density at radius 2 is 1.72 bits per heavy atom. The standard InChI is InChI=1S/C25H26N4O3/c1-32-22-5-3-2-4-21(22)23(30)28-13-10-25(11-14-28)12-15-29(24(25)31)20-8-6-18(7-9-20)19-16-26-27-17-19/h2-9,16-17H,10-15H2,1H3,(H,26,27). The fourth-order valence-electron chi connectivity index (χ4n) is 4.90. The van der Waals surface area contributed by atoms with Crippen LogP contribution in [0.4, 0.5) is 5.69 Å². The van der Waals surface area contributed by atoms with Crippen LogP contribution in [0.1, 0.15) is 29.6 Å². The minimum atomic E-state index is -0.374. The Bertz CT molecular complexity index is 1120. The summed E-state index contributed by atoms with van der Waals surface area (Å²) in [7, 11) is 1.57. The highest BCUT2D eigenvalue weighted by Crippen LogP contribution is 2.43. The van der Waals surface area contributed by atoms with Crippen molar-refractivity contribution in [3.63, 3.8) is 0 Å². The van der Waals surface area contributed by atoms with Crippen LogP contribution in [0.25, 0.3) is 11.1 Å². The average Bonchev–Trinajstić information content (AvgIpc) is 3.49. The fraction of sp³-hybridized carbons (Fsp3) is 0.320. The molecular formula is C25H26N4O3. The number of piperidine rings is 1. The van der Waals surface area contributed by atoms with Crippen LogP contribution >= 0.6 is 0 Å². The number of methoxy groups -OCH3 is 1. The molecule has 2 aliphatic rings. The van der Waals surface area contributed by atoms with E-state index in [0.717, 1.165) is 23.2 Å². The molecule has 1 aromatic heterocycles. The number of aromatic amines is 1. The van der Waals surface area contributed by atoms with Crippen LogP contribution in [-0.4, -0.2) is 53.7 Å². The van der Waals surface area contributed by atoms with Crippen molar-refractivity contribution in [1.29, 1.82) is 0 Å². The van der Waals surface area contributed by atoms with Gasteiger partial charge in [-0.25, -0.2) is 0 Å². The first-order valence-corrected chi connectivity index (χ1v) is 10.9. The van der Waals surface area contributed by atoms with Gasteiger partial charge < -0.3 is 14.5 Å². The summed E-state index contributed by atoms with van der Waals surface area (Å²) in [4.78, 5) is 30.2. The SMILES string of the molecule is COc1ccccc1C(=O)N1CCC2(CC1)CCN(c1ccc(-c3cn[nH]c3)cc1)C2=O. The maximum atomic E-state index is 13.4. The number of H-pyrrole nitrogens is 1. The molecule has 32 heavy (non-hydrogen) atoms. The molecule has 2 amide bonds. The molecule has 0 unspecified atom stereocenters. The van der Waals surface area contributed by atoms with E-state index in [4.69, 9.17) is 4.74 Å². The number of para-hydroxylation sites is 1. The second kappa shape index (κ2) is 8.15. The summed E-state index contributed by atoms with van der Waals surface area (Å²) >= 11 is 0. The summed E-state index contributed by atoms with van der Waals surface area (Å²) in [5.74, 6) is 0.729. The molecule has 7 nitrogen and oxygen atoms in total. The zero-order valence-corrected chi connectivity index (χ0v) is 18.1. The summed E-state index contributed by atoms with van der Waals surface area (Å²) in [6.07, 6.45) is 5.84. The van der Waals surface area contributed by atoms with Crippen molar-refractivity contribution in [2.45, 2.75) is 19.3 Å². The number of amides is 2. The quantitative estimate of drug-likeness (QED) is 0.684. The Morgan fingerprint density at radius 1 is 1.00 bits per heavy atom. The molecule has 3 aromatic rings. The summed E-state index contributed by atoms with van der Waals surface area (Å²) in [5.41, 5.74) is 3.20. The Kier molecular flexibility index (Phi) is 5.17. The summed E-state index contributed by atoms with van der Waals surface area (Å²) < 4.78 is 5.35. The molecule has 1 N–H and O–H groups in total. The molecule has 5 rings (SSSR count). The van der Waals surface area contributed by atoms with Crippen molar-refractivity contribution in [2.24, 2.45) is 5.41 Å². The van der Waals surface area contributed by atoms with Gasteiger partial charge in [0.25, 0.3) is 5.91 Å². The van der Waals surface area contributed by atoms with Crippen molar-refractivity contribution in [1.82, 2.24) is 15.1 Å². The first kappa shape index (κ1) is 20.3. The molecule has 0 bridgehead atoms. The molecule has 2 aromatic carbocycles. The number of carbonyl (C=O) groups excluding carboxylic acids is 2. The average molecular weight is 431 g/mol. The summed E-state index contributed by atoms with van der Waals surface area (Å²) in [5, 5.41) is 6.81. The Balaban J connectivity index is 1.27. The highest BCUT2D eigenvalue weighted by molar-refractivity contribution is 6.01. The minimum Gasteiger partial charge on any atom is -0.496 e. The maximum absolute atomic E-state index is 13.4. The number of aromatic nitrogens is 2. The molecule has 2 fully saturated rings. The van der Waals surface area contributed by atoms with Crippen molar-refractivity contribution in [2.75, 3.05) is 31.6 Å².